The van der Waals surface area contributed by atoms with Crippen molar-refractivity contribution in [1.82, 2.24) is 24.8 Å². The van der Waals surface area contributed by atoms with Crippen LogP contribution in [0.3, 0.4) is 0 Å². The molecule has 10 nitrogen and oxygen atoms in total. The highest BCUT2D eigenvalue weighted by molar-refractivity contribution is 5.83. The van der Waals surface area contributed by atoms with E-state index in [1.54, 1.807) is 36.2 Å². The van der Waals surface area contributed by atoms with Gasteiger partial charge in [0.15, 0.2) is 5.82 Å². The Morgan fingerprint density at radius 3 is 2.55 bits per heavy atom. The number of ether oxygens (including phenoxy) is 2. The molecule has 2 fully saturated rings. The van der Waals surface area contributed by atoms with Crippen LogP contribution in [-0.2, 0) is 14.3 Å². The number of aliphatic hydroxyl groups excluding tert-OH is 1. The number of para-hydroxylation sites is 1. The van der Waals surface area contributed by atoms with E-state index in [1.807, 2.05) is 30.3 Å². The van der Waals surface area contributed by atoms with E-state index in [4.69, 9.17) is 14.5 Å². The minimum absolute atomic E-state index is 0.103. The van der Waals surface area contributed by atoms with Crippen LogP contribution in [0, 0.1) is 11.2 Å². The molecule has 6 rings (SSSR count). The molecule has 1 unspecified atom stereocenters. The van der Waals surface area contributed by atoms with Gasteiger partial charge in [-0.15, -0.1) is 0 Å². The standard InChI is InChI=1S/C29H29FN6O4/c1-29(27(38)36-14-12-21(37)15-36)16-39-26(40-17-29)25-34-23(18-7-9-19(30)10-8-18)24(35-25)22-11-13-31-28(33-22)32-20-5-3-2-4-6-20/h2-11,13,21,26,37H,12,14-17H2,1H3,(H,34,35)(H,31,32,33). The highest BCUT2D eigenvalue weighted by atomic mass is 19.1. The minimum Gasteiger partial charge on any atom is -0.391 e. The molecule has 2 saturated heterocycles. The predicted molar refractivity (Wildman–Crippen MR) is 145 cm³/mol. The third-order valence-corrected chi connectivity index (χ3v) is 7.08. The Balaban J connectivity index is 1.27. The summed E-state index contributed by atoms with van der Waals surface area (Å²) < 4.78 is 25.7. The highest BCUT2D eigenvalue weighted by Crippen LogP contribution is 2.36. The number of imidazole rings is 1. The number of hydrogen-bond donors (Lipinski definition) is 3. The van der Waals surface area contributed by atoms with Crippen molar-refractivity contribution >= 4 is 17.5 Å². The number of rotatable bonds is 6. The van der Waals surface area contributed by atoms with Crippen molar-refractivity contribution in [2.45, 2.75) is 25.7 Å². The van der Waals surface area contributed by atoms with Crippen LogP contribution < -0.4 is 5.32 Å². The van der Waals surface area contributed by atoms with Crippen LogP contribution in [0.25, 0.3) is 22.6 Å². The Bertz CT molecular complexity index is 1490. The number of likely N-dealkylation sites (tertiary alicyclic amines) is 1. The number of halogens is 1. The van der Waals surface area contributed by atoms with E-state index in [0.717, 1.165) is 5.69 Å². The largest absolute Gasteiger partial charge is 0.391 e. The SMILES string of the molecule is CC1(C(=O)N2CCC(O)C2)COC(c2nc(-c3ccc(F)cc3)c(-c3ccnc(Nc4ccccc4)n3)[nH]2)OC1. The number of aromatic nitrogens is 4. The number of amides is 1. The predicted octanol–water partition coefficient (Wildman–Crippen LogP) is 4.06. The maximum Gasteiger partial charge on any atom is 0.233 e. The second kappa shape index (κ2) is 10.8. The molecule has 0 bridgehead atoms. The Morgan fingerprint density at radius 2 is 1.85 bits per heavy atom. The van der Waals surface area contributed by atoms with Crippen LogP contribution in [0.5, 0.6) is 0 Å². The zero-order valence-corrected chi connectivity index (χ0v) is 21.9. The molecular weight excluding hydrogens is 515 g/mol. The number of β-amino-alcohol motifs (C(OH)–C–C–N with tert-alkyl or cyclic N) is 1. The first-order valence-corrected chi connectivity index (χ1v) is 13.1. The quantitative estimate of drug-likeness (QED) is 0.332. The van der Waals surface area contributed by atoms with Crippen LogP contribution in [0.2, 0.25) is 0 Å². The topological polar surface area (TPSA) is 125 Å². The van der Waals surface area contributed by atoms with Gasteiger partial charge >= 0.3 is 0 Å². The lowest BCUT2D eigenvalue weighted by molar-refractivity contribution is -0.234. The van der Waals surface area contributed by atoms with Crippen molar-refractivity contribution in [3.05, 3.63) is 78.5 Å². The summed E-state index contributed by atoms with van der Waals surface area (Å²) in [5, 5.41) is 13.0. The first-order valence-electron chi connectivity index (χ1n) is 13.1. The summed E-state index contributed by atoms with van der Waals surface area (Å²) in [6.45, 7) is 2.89. The van der Waals surface area contributed by atoms with Crippen LogP contribution in [0.15, 0.2) is 66.9 Å². The number of nitrogens with zero attached hydrogens (tertiary/aromatic N) is 4. The summed E-state index contributed by atoms with van der Waals surface area (Å²) >= 11 is 0. The summed E-state index contributed by atoms with van der Waals surface area (Å²) in [5.74, 6) is 0.341. The van der Waals surface area contributed by atoms with E-state index in [1.165, 1.54) is 12.1 Å². The fraction of sp³-hybridized carbons (Fsp3) is 0.310. The van der Waals surface area contributed by atoms with Crippen molar-refractivity contribution in [2.75, 3.05) is 31.6 Å². The molecule has 1 amide bonds. The van der Waals surface area contributed by atoms with Crippen LogP contribution >= 0.6 is 0 Å². The molecule has 1 atom stereocenters. The number of anilines is 2. The van der Waals surface area contributed by atoms with E-state index < -0.39 is 17.8 Å². The lowest BCUT2D eigenvalue weighted by Crippen LogP contribution is -2.49. The average Bonchev–Trinajstić information content (AvgIpc) is 3.61. The third kappa shape index (κ3) is 5.31. The van der Waals surface area contributed by atoms with E-state index >= 15 is 0 Å². The zero-order valence-electron chi connectivity index (χ0n) is 21.9. The lowest BCUT2D eigenvalue weighted by Gasteiger charge is -2.37. The van der Waals surface area contributed by atoms with E-state index in [2.05, 4.69) is 20.3 Å². The molecular formula is C29H29FN6O4. The van der Waals surface area contributed by atoms with Gasteiger partial charge in [-0.25, -0.2) is 19.3 Å². The number of hydrogen-bond acceptors (Lipinski definition) is 8. The fourth-order valence-corrected chi connectivity index (χ4v) is 4.91. The van der Waals surface area contributed by atoms with Gasteiger partial charge in [-0.3, -0.25) is 4.79 Å². The normalized spacial score (nSPS) is 22.8. The molecule has 0 radical (unpaired) electrons. The number of nitrogens with one attached hydrogen (secondary N) is 2. The van der Waals surface area contributed by atoms with Gasteiger partial charge in [0.25, 0.3) is 0 Å². The second-order valence-electron chi connectivity index (χ2n) is 10.3. The van der Waals surface area contributed by atoms with E-state index in [0.29, 0.717) is 53.9 Å². The van der Waals surface area contributed by atoms with Gasteiger partial charge in [0, 0.05) is 30.5 Å². The molecule has 2 aliphatic rings. The van der Waals surface area contributed by atoms with Crippen molar-refractivity contribution in [3.8, 4) is 22.6 Å². The monoisotopic (exact) mass is 544 g/mol. The maximum absolute atomic E-state index is 13.7. The van der Waals surface area contributed by atoms with Gasteiger partial charge in [0.2, 0.25) is 18.1 Å². The third-order valence-electron chi connectivity index (χ3n) is 7.08. The average molecular weight is 545 g/mol. The first-order chi connectivity index (χ1) is 19.4. The van der Waals surface area contributed by atoms with Gasteiger partial charge in [0.1, 0.15) is 5.82 Å². The Hall–Kier alpha value is -4.19. The van der Waals surface area contributed by atoms with Crippen LogP contribution in [0.4, 0.5) is 16.0 Å². The minimum atomic E-state index is -0.875. The van der Waals surface area contributed by atoms with Crippen LogP contribution in [0.1, 0.15) is 25.5 Å². The summed E-state index contributed by atoms with van der Waals surface area (Å²) in [6, 6.07) is 17.4. The summed E-state index contributed by atoms with van der Waals surface area (Å²) in [7, 11) is 0. The highest BCUT2D eigenvalue weighted by Gasteiger charge is 2.44. The summed E-state index contributed by atoms with van der Waals surface area (Å²) in [5.41, 5.74) is 2.34. The number of H-pyrrole nitrogens is 1. The molecule has 0 aliphatic carbocycles. The van der Waals surface area contributed by atoms with Crippen molar-refractivity contribution < 1.29 is 23.8 Å². The van der Waals surface area contributed by atoms with Gasteiger partial charge in [0.05, 0.1) is 41.8 Å². The molecule has 2 aliphatic heterocycles. The Morgan fingerprint density at radius 1 is 1.10 bits per heavy atom. The second-order valence-corrected chi connectivity index (χ2v) is 10.3. The van der Waals surface area contributed by atoms with Gasteiger partial charge in [-0.2, -0.15) is 0 Å². The molecule has 0 saturated carbocycles. The van der Waals surface area contributed by atoms with E-state index in [9.17, 15) is 14.3 Å². The van der Waals surface area contributed by atoms with Crippen LogP contribution in [-0.4, -0.2) is 68.3 Å². The molecule has 3 N–H and O–H groups in total. The van der Waals surface area contributed by atoms with Crippen molar-refractivity contribution in [2.24, 2.45) is 5.41 Å². The van der Waals surface area contributed by atoms with Gasteiger partial charge in [-0.1, -0.05) is 18.2 Å². The molecule has 0 spiro atoms. The molecule has 4 aromatic rings. The number of carbonyl (C=O) groups excluding carboxylic acids is 1. The van der Waals surface area contributed by atoms with Gasteiger partial charge in [-0.05, 0) is 55.8 Å². The van der Waals surface area contributed by atoms with Crippen molar-refractivity contribution in [3.63, 3.8) is 0 Å². The smallest absolute Gasteiger partial charge is 0.233 e. The molecule has 40 heavy (non-hydrogen) atoms. The molecule has 4 heterocycles. The number of benzene rings is 2. The molecule has 206 valence electrons. The Kier molecular flexibility index (Phi) is 7.01. The Labute approximate surface area is 230 Å². The maximum atomic E-state index is 13.7. The summed E-state index contributed by atoms with van der Waals surface area (Å²) in [4.78, 5) is 31.8. The molecule has 11 heteroatoms. The zero-order chi connectivity index (χ0) is 27.7. The molecule has 2 aromatic carbocycles. The summed E-state index contributed by atoms with van der Waals surface area (Å²) in [6.07, 6.45) is 0.867. The molecule has 2 aromatic heterocycles. The number of aromatic amines is 1. The number of carbonyl (C=O) groups is 1. The lowest BCUT2D eigenvalue weighted by atomic mass is 9.90. The number of aliphatic hydroxyl groups is 1. The first kappa shape index (κ1) is 26.1. The fourth-order valence-electron chi connectivity index (χ4n) is 4.91. The van der Waals surface area contributed by atoms with Crippen molar-refractivity contribution in [1.29, 1.82) is 0 Å². The van der Waals surface area contributed by atoms with Gasteiger partial charge < -0.3 is 29.8 Å². The van der Waals surface area contributed by atoms with E-state index in [-0.39, 0.29) is 24.9 Å².